The van der Waals surface area contributed by atoms with Crippen LogP contribution in [0.15, 0.2) is 63.0 Å². The summed E-state index contributed by atoms with van der Waals surface area (Å²) < 4.78 is 178. The van der Waals surface area contributed by atoms with Gasteiger partial charge in [-0.15, -0.1) is 17.6 Å². The lowest BCUT2D eigenvalue weighted by molar-refractivity contribution is -0.574. The number of carbonyl (C=O) groups is 1. The van der Waals surface area contributed by atoms with Gasteiger partial charge in [0.25, 0.3) is 0 Å². The zero-order valence-corrected chi connectivity index (χ0v) is 24.6. The minimum atomic E-state index is -5.99. The number of methoxy groups -OCH3 is 1. The van der Waals surface area contributed by atoms with Crippen LogP contribution in [0, 0.1) is 5.92 Å². The van der Waals surface area contributed by atoms with Crippen LogP contribution in [0.4, 0.5) is 48.3 Å². The molecule has 0 N–H and O–H groups in total. The third-order valence-corrected chi connectivity index (χ3v) is 6.08. The van der Waals surface area contributed by atoms with Gasteiger partial charge in [-0.05, 0) is 43.2 Å². The highest BCUT2D eigenvalue weighted by Gasteiger charge is 2.57. The van der Waals surface area contributed by atoms with E-state index in [1.807, 2.05) is 0 Å². The van der Waals surface area contributed by atoms with Crippen molar-refractivity contribution in [2.24, 2.45) is 5.92 Å². The van der Waals surface area contributed by atoms with Gasteiger partial charge in [0.05, 0.1) is 24.0 Å². The molecular formula is C28H23F11O9. The van der Waals surface area contributed by atoms with Gasteiger partial charge in [-0.1, -0.05) is 13.5 Å². The Kier molecular flexibility index (Phi) is 11.0. The normalized spacial score (nSPS) is 16.5. The number of hydrogen-bond donors (Lipinski definition) is 0. The summed E-state index contributed by atoms with van der Waals surface area (Å²) in [7, 11) is 1.18. The summed E-state index contributed by atoms with van der Waals surface area (Å²) in [4.78, 5) is 23.8. The highest BCUT2D eigenvalue weighted by atomic mass is 19.4. The van der Waals surface area contributed by atoms with Gasteiger partial charge in [0.1, 0.15) is 11.3 Å². The maximum atomic E-state index is 14.1. The fraction of sp³-hybridized carbons (Fsp3) is 0.429. The highest BCUT2D eigenvalue weighted by molar-refractivity contribution is 5.87. The number of hydrogen-bond acceptors (Lipinski definition) is 9. The lowest BCUT2D eigenvalue weighted by Gasteiger charge is -2.27. The lowest BCUT2D eigenvalue weighted by atomic mass is 9.85. The summed E-state index contributed by atoms with van der Waals surface area (Å²) in [5.41, 5.74) is -4.13. The van der Waals surface area contributed by atoms with E-state index in [0.29, 0.717) is 0 Å². The van der Waals surface area contributed by atoms with Crippen molar-refractivity contribution < 1.29 is 85.9 Å². The molecule has 266 valence electrons. The molecule has 1 aromatic carbocycles. The van der Waals surface area contributed by atoms with Gasteiger partial charge >= 0.3 is 42.6 Å². The number of allylic oxidation sites excluding steroid dienone is 4. The number of carbonyl (C=O) groups excluding carboxylic acids is 1. The molecule has 1 aromatic heterocycles. The Morgan fingerprint density at radius 2 is 1.50 bits per heavy atom. The van der Waals surface area contributed by atoms with Crippen molar-refractivity contribution in [2.75, 3.05) is 20.3 Å². The first-order valence-electron chi connectivity index (χ1n) is 13.0. The van der Waals surface area contributed by atoms with Crippen molar-refractivity contribution in [3.63, 3.8) is 0 Å². The Morgan fingerprint density at radius 3 is 2.04 bits per heavy atom. The Morgan fingerprint density at radius 1 is 0.917 bits per heavy atom. The van der Waals surface area contributed by atoms with Gasteiger partial charge < -0.3 is 18.6 Å². The molecule has 0 bridgehead atoms. The van der Waals surface area contributed by atoms with Crippen molar-refractivity contribution in [3.8, 4) is 5.75 Å². The van der Waals surface area contributed by atoms with Crippen LogP contribution in [0.3, 0.4) is 0 Å². The molecule has 9 nitrogen and oxygen atoms in total. The minimum absolute atomic E-state index is 0.0171. The molecule has 0 amide bonds. The molecule has 0 radical (unpaired) electrons. The molecule has 3 rings (SSSR count). The van der Waals surface area contributed by atoms with Crippen LogP contribution in [-0.2, 0) is 28.5 Å². The minimum Gasteiger partial charge on any atom is -0.501 e. The summed E-state index contributed by atoms with van der Waals surface area (Å²) in [5.74, 6) is -2.63. The van der Waals surface area contributed by atoms with Gasteiger partial charge in [0.2, 0.25) is 0 Å². The topological polar surface area (TPSA) is 103 Å². The molecule has 20 heteroatoms. The Hall–Kier alpha value is -4.17. The second-order valence-electron chi connectivity index (χ2n) is 10.0. The monoisotopic (exact) mass is 712 g/mol. The van der Waals surface area contributed by atoms with Gasteiger partial charge in [0, 0.05) is 22.9 Å². The molecule has 1 atom stereocenters. The van der Waals surface area contributed by atoms with Crippen LogP contribution in [0.25, 0.3) is 16.5 Å². The molecule has 1 aliphatic carbocycles. The zero-order valence-electron chi connectivity index (χ0n) is 24.6. The Bertz CT molecular complexity index is 1660. The number of esters is 1. The Balaban J connectivity index is 1.73. The third-order valence-electron chi connectivity index (χ3n) is 6.08. The molecule has 48 heavy (non-hydrogen) atoms. The van der Waals surface area contributed by atoms with E-state index in [2.05, 4.69) is 30.3 Å². The van der Waals surface area contributed by atoms with E-state index in [0.717, 1.165) is 37.3 Å². The number of rotatable bonds is 14. The number of ether oxygens (including phenoxy) is 6. The molecule has 2 aromatic rings. The number of alkyl halides is 11. The number of benzene rings is 1. The molecule has 1 heterocycles. The third kappa shape index (κ3) is 10.2. The maximum absolute atomic E-state index is 14.1. The van der Waals surface area contributed by atoms with E-state index in [4.69, 9.17) is 9.15 Å². The van der Waals surface area contributed by atoms with Crippen molar-refractivity contribution >= 4 is 22.5 Å². The summed E-state index contributed by atoms with van der Waals surface area (Å²) >= 11 is 0. The molecule has 0 fully saturated rings. The average molecular weight is 712 g/mol. The van der Waals surface area contributed by atoms with E-state index < -0.39 is 95.3 Å². The number of halogens is 11. The van der Waals surface area contributed by atoms with Crippen LogP contribution < -0.4 is 10.4 Å². The summed E-state index contributed by atoms with van der Waals surface area (Å²) in [6.45, 7) is 1.20. The summed E-state index contributed by atoms with van der Waals surface area (Å²) in [6.07, 6.45) is -26.7. The van der Waals surface area contributed by atoms with Gasteiger partial charge in [-0.25, -0.2) is 23.8 Å². The molecule has 0 aliphatic heterocycles. The predicted octanol–water partition coefficient (Wildman–Crippen LogP) is 7.51. The van der Waals surface area contributed by atoms with Crippen LogP contribution >= 0.6 is 0 Å². The first-order valence-corrected chi connectivity index (χ1v) is 13.0. The second kappa shape index (κ2) is 13.7. The van der Waals surface area contributed by atoms with Gasteiger partial charge in [0.15, 0.2) is 13.2 Å². The SMILES string of the molecule is C=C(C)C(=O)OCC(F)(F)OC(F)(F)OC(F)(F)OC(F)(F)COc1ccc2cc(C3=C(C(F)(F)F)C=C(OC)C(C)C3)c(=O)oc2c1. The van der Waals surface area contributed by atoms with Crippen molar-refractivity contribution in [1.82, 2.24) is 0 Å². The fourth-order valence-corrected chi connectivity index (χ4v) is 4.07. The summed E-state index contributed by atoms with van der Waals surface area (Å²) in [5, 5.41) is -0.0171. The zero-order chi connectivity index (χ0) is 36.5. The molecule has 0 spiro atoms. The number of fused-ring (bicyclic) bond motifs is 1. The van der Waals surface area contributed by atoms with Crippen LogP contribution in [0.5, 0.6) is 5.75 Å². The van der Waals surface area contributed by atoms with Gasteiger partial charge in [-0.2, -0.15) is 30.7 Å². The quantitative estimate of drug-likeness (QED) is 0.0648. The van der Waals surface area contributed by atoms with E-state index >= 15 is 0 Å². The van der Waals surface area contributed by atoms with E-state index in [1.165, 1.54) is 7.11 Å². The van der Waals surface area contributed by atoms with Crippen LogP contribution in [0.1, 0.15) is 25.8 Å². The van der Waals surface area contributed by atoms with E-state index in [9.17, 15) is 57.9 Å². The van der Waals surface area contributed by atoms with Gasteiger partial charge in [-0.3, -0.25) is 0 Å². The first kappa shape index (κ1) is 38.3. The lowest BCUT2D eigenvalue weighted by Crippen LogP contribution is -2.46. The molecule has 1 aliphatic rings. The molecule has 1 unspecified atom stereocenters. The smallest absolute Gasteiger partial charge is 0.496 e. The standard InChI is InChI=1S/C28H23F11O9/c1-13(2)22(40)44-12-25(31,32)47-28(38,39)48-27(36,37)46-24(29,30)11-43-16-6-5-15-8-18(23(41)45-21(15)9-16)17-7-14(3)20(42-4)10-19(17)26(33,34)35/h5-6,8-10,14H,1,7,11-12H2,2-4H3. The maximum Gasteiger partial charge on any atom is 0.496 e. The highest BCUT2D eigenvalue weighted by Crippen LogP contribution is 2.42. The molecule has 0 saturated carbocycles. The molecule has 0 saturated heterocycles. The van der Waals surface area contributed by atoms with E-state index in [1.54, 1.807) is 6.92 Å². The second-order valence-corrected chi connectivity index (χ2v) is 10.0. The van der Waals surface area contributed by atoms with Crippen LogP contribution in [0.2, 0.25) is 0 Å². The fourth-order valence-electron chi connectivity index (χ4n) is 4.07. The largest absolute Gasteiger partial charge is 0.501 e. The Labute approximate surface area is 262 Å². The van der Waals surface area contributed by atoms with Crippen molar-refractivity contribution in [1.29, 1.82) is 0 Å². The summed E-state index contributed by atoms with van der Waals surface area (Å²) in [6, 6.07) is 3.78. The average Bonchev–Trinajstić information content (AvgIpc) is 2.91. The predicted molar refractivity (Wildman–Crippen MR) is 139 cm³/mol. The van der Waals surface area contributed by atoms with Crippen molar-refractivity contribution in [2.45, 2.75) is 51.3 Å². The molecular weight excluding hydrogens is 689 g/mol. The van der Waals surface area contributed by atoms with Crippen molar-refractivity contribution in [3.05, 3.63) is 69.8 Å². The first-order chi connectivity index (χ1) is 21.8. The van der Waals surface area contributed by atoms with E-state index in [-0.39, 0.29) is 17.6 Å². The van der Waals surface area contributed by atoms with Crippen LogP contribution in [-0.4, -0.2) is 57.3 Å².